The van der Waals surface area contributed by atoms with E-state index in [1.165, 1.54) is 18.6 Å². The molecule has 1 rings (SSSR count). The Morgan fingerprint density at radius 3 is 2.81 bits per heavy atom. The molecule has 1 aromatic rings. The molecule has 0 saturated heterocycles. The second kappa shape index (κ2) is 10.6. The van der Waals surface area contributed by atoms with Gasteiger partial charge in [0, 0.05) is 18.2 Å². The molecule has 0 bridgehead atoms. The first-order valence-electron chi connectivity index (χ1n) is 7.65. The van der Waals surface area contributed by atoms with Crippen molar-refractivity contribution in [1.29, 1.82) is 0 Å². The first-order chi connectivity index (χ1) is 10.2. The molecule has 0 aliphatic rings. The van der Waals surface area contributed by atoms with E-state index in [0.717, 1.165) is 31.4 Å². The summed E-state index contributed by atoms with van der Waals surface area (Å²) in [5.41, 5.74) is 1.20. The number of non-ortho nitro benzene ring substituents is 1. The van der Waals surface area contributed by atoms with Crippen molar-refractivity contribution in [2.45, 2.75) is 45.1 Å². The predicted octanol–water partition coefficient (Wildman–Crippen LogP) is 4.56. The Morgan fingerprint density at radius 1 is 1.33 bits per heavy atom. The normalized spacial score (nSPS) is 12.3. The van der Waals surface area contributed by atoms with Crippen molar-refractivity contribution in [2.75, 3.05) is 18.6 Å². The lowest BCUT2D eigenvalue weighted by Gasteiger charge is -2.18. The molecule has 1 N–H and O–H groups in total. The van der Waals surface area contributed by atoms with Gasteiger partial charge in [-0.2, -0.15) is 11.8 Å². The summed E-state index contributed by atoms with van der Waals surface area (Å²) >= 11 is 1.89. The average molecular weight is 310 g/mol. The molecule has 1 aromatic carbocycles. The predicted molar refractivity (Wildman–Crippen MR) is 91.0 cm³/mol. The van der Waals surface area contributed by atoms with Crippen LogP contribution in [0.2, 0.25) is 0 Å². The molecule has 0 saturated carbocycles. The fourth-order valence-electron chi connectivity index (χ4n) is 2.35. The van der Waals surface area contributed by atoms with Gasteiger partial charge in [-0.25, -0.2) is 0 Å². The van der Waals surface area contributed by atoms with Gasteiger partial charge in [-0.1, -0.05) is 31.9 Å². The SMILES string of the molecule is CCCC(NCCCCCSC)c1cccc([N+](=O)[O-])c1. The summed E-state index contributed by atoms with van der Waals surface area (Å²) in [6, 6.07) is 7.22. The molecule has 1 atom stereocenters. The summed E-state index contributed by atoms with van der Waals surface area (Å²) in [4.78, 5) is 10.6. The Kier molecular flexibility index (Phi) is 9.10. The summed E-state index contributed by atoms with van der Waals surface area (Å²) < 4.78 is 0. The van der Waals surface area contributed by atoms with Gasteiger partial charge in [0.25, 0.3) is 5.69 Å². The first kappa shape index (κ1) is 18.0. The summed E-state index contributed by atoms with van der Waals surface area (Å²) in [7, 11) is 0. The summed E-state index contributed by atoms with van der Waals surface area (Å²) in [5, 5.41) is 14.4. The highest BCUT2D eigenvalue weighted by Gasteiger charge is 2.13. The third kappa shape index (κ3) is 6.96. The third-order valence-electron chi connectivity index (χ3n) is 3.48. The number of nitrogens with zero attached hydrogens (tertiary/aromatic N) is 1. The van der Waals surface area contributed by atoms with E-state index in [1.54, 1.807) is 18.2 Å². The van der Waals surface area contributed by atoms with Gasteiger partial charge in [-0.3, -0.25) is 10.1 Å². The van der Waals surface area contributed by atoms with Gasteiger partial charge in [0.05, 0.1) is 4.92 Å². The van der Waals surface area contributed by atoms with Crippen LogP contribution in [0.4, 0.5) is 5.69 Å². The molecule has 0 aromatic heterocycles. The van der Waals surface area contributed by atoms with Crippen LogP contribution in [0.3, 0.4) is 0 Å². The topological polar surface area (TPSA) is 55.2 Å². The number of nitro benzene ring substituents is 1. The van der Waals surface area contributed by atoms with Crippen molar-refractivity contribution < 1.29 is 4.92 Å². The lowest BCUT2D eigenvalue weighted by molar-refractivity contribution is -0.384. The van der Waals surface area contributed by atoms with Crippen LogP contribution in [0.1, 0.15) is 50.6 Å². The molecular weight excluding hydrogens is 284 g/mol. The molecule has 5 heteroatoms. The number of rotatable bonds is 11. The van der Waals surface area contributed by atoms with E-state index >= 15 is 0 Å². The van der Waals surface area contributed by atoms with E-state index < -0.39 is 0 Å². The highest BCUT2D eigenvalue weighted by atomic mass is 32.2. The Balaban J connectivity index is 2.52. The minimum atomic E-state index is -0.324. The lowest BCUT2D eigenvalue weighted by Crippen LogP contribution is -2.22. The van der Waals surface area contributed by atoms with Gasteiger partial charge in [-0.05, 0) is 43.4 Å². The van der Waals surface area contributed by atoms with E-state index in [-0.39, 0.29) is 16.7 Å². The van der Waals surface area contributed by atoms with Crippen molar-refractivity contribution >= 4 is 17.4 Å². The van der Waals surface area contributed by atoms with Gasteiger partial charge in [0.15, 0.2) is 0 Å². The van der Waals surface area contributed by atoms with Crippen LogP contribution in [0.15, 0.2) is 24.3 Å². The number of unbranched alkanes of at least 4 members (excludes halogenated alkanes) is 2. The highest BCUT2D eigenvalue weighted by Crippen LogP contribution is 2.22. The van der Waals surface area contributed by atoms with Crippen LogP contribution in [-0.2, 0) is 0 Å². The van der Waals surface area contributed by atoms with Crippen molar-refractivity contribution in [1.82, 2.24) is 5.32 Å². The standard InChI is InChI=1S/C16H26N2O2S/c1-3-8-16(17-11-5-4-6-12-21-2)14-9-7-10-15(13-14)18(19)20/h7,9-10,13,16-17H,3-6,8,11-12H2,1-2H3. The van der Waals surface area contributed by atoms with Crippen molar-refractivity contribution in [3.8, 4) is 0 Å². The zero-order valence-electron chi connectivity index (χ0n) is 13.0. The van der Waals surface area contributed by atoms with E-state index in [9.17, 15) is 10.1 Å². The fraction of sp³-hybridized carbons (Fsp3) is 0.625. The number of benzene rings is 1. The van der Waals surface area contributed by atoms with Crippen molar-refractivity contribution in [3.63, 3.8) is 0 Å². The second-order valence-corrected chi connectivity index (χ2v) is 6.19. The zero-order valence-corrected chi connectivity index (χ0v) is 13.8. The maximum Gasteiger partial charge on any atom is 0.269 e. The molecular formula is C16H26N2O2S. The van der Waals surface area contributed by atoms with Gasteiger partial charge in [0.2, 0.25) is 0 Å². The number of hydrogen-bond donors (Lipinski definition) is 1. The number of nitro groups is 1. The van der Waals surface area contributed by atoms with Gasteiger partial charge in [-0.15, -0.1) is 0 Å². The average Bonchev–Trinajstić information content (AvgIpc) is 2.49. The molecule has 0 fully saturated rings. The van der Waals surface area contributed by atoms with E-state index in [2.05, 4.69) is 18.5 Å². The Hall–Kier alpha value is -1.07. The summed E-state index contributed by atoms with van der Waals surface area (Å²) in [6.45, 7) is 3.12. The monoisotopic (exact) mass is 310 g/mol. The first-order valence-corrected chi connectivity index (χ1v) is 9.05. The Labute approximate surface area is 131 Å². The van der Waals surface area contributed by atoms with Crippen LogP contribution in [0.25, 0.3) is 0 Å². The largest absolute Gasteiger partial charge is 0.310 e. The quantitative estimate of drug-likeness (QED) is 0.370. The number of nitrogens with one attached hydrogen (secondary N) is 1. The minimum absolute atomic E-state index is 0.176. The molecule has 118 valence electrons. The van der Waals surface area contributed by atoms with Crippen LogP contribution < -0.4 is 5.32 Å². The molecule has 0 aliphatic carbocycles. The lowest BCUT2D eigenvalue weighted by atomic mass is 10.0. The highest BCUT2D eigenvalue weighted by molar-refractivity contribution is 7.98. The van der Waals surface area contributed by atoms with E-state index in [4.69, 9.17) is 0 Å². The molecule has 0 aliphatic heterocycles. The molecule has 4 nitrogen and oxygen atoms in total. The van der Waals surface area contributed by atoms with E-state index in [0.29, 0.717) is 0 Å². The third-order valence-corrected chi connectivity index (χ3v) is 4.17. The number of hydrogen-bond acceptors (Lipinski definition) is 4. The minimum Gasteiger partial charge on any atom is -0.310 e. The molecule has 0 radical (unpaired) electrons. The van der Waals surface area contributed by atoms with Crippen molar-refractivity contribution in [3.05, 3.63) is 39.9 Å². The fourth-order valence-corrected chi connectivity index (χ4v) is 2.85. The second-order valence-electron chi connectivity index (χ2n) is 5.20. The van der Waals surface area contributed by atoms with Crippen LogP contribution >= 0.6 is 11.8 Å². The summed E-state index contributed by atoms with van der Waals surface area (Å²) in [6.07, 6.45) is 7.87. The maximum absolute atomic E-state index is 10.9. The van der Waals surface area contributed by atoms with Gasteiger partial charge >= 0.3 is 0 Å². The van der Waals surface area contributed by atoms with Gasteiger partial charge < -0.3 is 5.32 Å². The molecule has 1 unspecified atom stereocenters. The van der Waals surface area contributed by atoms with Crippen LogP contribution in [0, 0.1) is 10.1 Å². The molecule has 0 spiro atoms. The van der Waals surface area contributed by atoms with Gasteiger partial charge in [0.1, 0.15) is 0 Å². The Morgan fingerprint density at radius 2 is 2.14 bits per heavy atom. The Bertz CT molecular complexity index is 426. The molecule has 21 heavy (non-hydrogen) atoms. The molecule has 0 amide bonds. The van der Waals surface area contributed by atoms with Crippen molar-refractivity contribution in [2.24, 2.45) is 0 Å². The maximum atomic E-state index is 10.9. The summed E-state index contributed by atoms with van der Waals surface area (Å²) in [5.74, 6) is 1.23. The van der Waals surface area contributed by atoms with Crippen LogP contribution in [0.5, 0.6) is 0 Å². The smallest absolute Gasteiger partial charge is 0.269 e. The zero-order chi connectivity index (χ0) is 15.5. The molecule has 0 heterocycles. The number of thioether (sulfide) groups is 1. The van der Waals surface area contributed by atoms with Crippen LogP contribution in [-0.4, -0.2) is 23.5 Å². The van der Waals surface area contributed by atoms with E-state index in [1.807, 2.05) is 17.8 Å².